The zero-order chi connectivity index (χ0) is 27.2. The number of imidazole rings is 1. The van der Waals surface area contributed by atoms with Crippen LogP contribution in [0.25, 0.3) is 34.0 Å². The van der Waals surface area contributed by atoms with E-state index in [2.05, 4.69) is 9.97 Å². The molecule has 0 spiro atoms. The number of ether oxygens (including phenoxy) is 3. The van der Waals surface area contributed by atoms with E-state index in [1.165, 1.54) is 31.0 Å². The van der Waals surface area contributed by atoms with E-state index in [1.807, 2.05) is 12.3 Å². The van der Waals surface area contributed by atoms with Gasteiger partial charge in [-0.05, 0) is 36.6 Å². The predicted molar refractivity (Wildman–Crippen MR) is 144 cm³/mol. The molecule has 10 nitrogen and oxygen atoms in total. The molecule has 200 valence electrons. The largest absolute Gasteiger partial charge is 0.491 e. The molecule has 2 aromatic heterocycles. The first-order valence-electron chi connectivity index (χ1n) is 11.2. The second kappa shape index (κ2) is 12.7. The summed E-state index contributed by atoms with van der Waals surface area (Å²) >= 11 is 14.5. The van der Waals surface area contributed by atoms with E-state index >= 15 is 0 Å². The highest BCUT2D eigenvalue weighted by Gasteiger charge is 2.26. The van der Waals surface area contributed by atoms with Crippen LogP contribution in [-0.4, -0.2) is 74.6 Å². The summed E-state index contributed by atoms with van der Waals surface area (Å²) in [6.45, 7) is -0.543. The molecule has 38 heavy (non-hydrogen) atoms. The molecular weight excluding hydrogens is 555 g/mol. The summed E-state index contributed by atoms with van der Waals surface area (Å²) in [7, 11) is 1.53. The van der Waals surface area contributed by atoms with Crippen LogP contribution < -0.4 is 9.47 Å². The van der Waals surface area contributed by atoms with Crippen molar-refractivity contribution in [3.8, 4) is 45.5 Å². The van der Waals surface area contributed by atoms with Gasteiger partial charge in [0.2, 0.25) is 0 Å². The first kappa shape index (κ1) is 28.0. The maximum atomic E-state index is 11.4. The molecule has 0 amide bonds. The average molecular weight is 579 g/mol. The van der Waals surface area contributed by atoms with Crippen molar-refractivity contribution in [2.24, 2.45) is 0 Å². The Labute approximate surface area is 232 Å². The topological polar surface area (TPSA) is 132 Å². The SMILES string of the molecule is COCOc1cccc(-c2nc(-c3c(Cl)cc(OC[C@@H](O)CO)cc3Cl)n(O)c2-c2ccnc(SC)n2)c1. The number of aliphatic hydroxyl groups excluding tert-OH is 2. The van der Waals surface area contributed by atoms with Crippen molar-refractivity contribution in [3.63, 3.8) is 0 Å². The van der Waals surface area contributed by atoms with Gasteiger partial charge in [0.25, 0.3) is 0 Å². The molecule has 13 heteroatoms. The normalized spacial score (nSPS) is 11.9. The number of nitrogens with zero attached hydrogens (tertiary/aromatic N) is 4. The highest BCUT2D eigenvalue weighted by atomic mass is 35.5. The van der Waals surface area contributed by atoms with Crippen LogP contribution >= 0.6 is 35.0 Å². The first-order valence-corrected chi connectivity index (χ1v) is 13.2. The molecule has 4 rings (SSSR count). The standard InChI is InChI=1S/C25H24Cl2N4O6S/c1-35-13-37-16-5-3-4-14(8-16)22-23(20-6-7-28-25(29-20)38-2)31(34)24(30-22)21-18(26)9-17(10-19(21)27)36-12-15(33)11-32/h3-10,15,32-34H,11-13H2,1-2H3/t15-/m0/s1. The molecule has 4 aromatic rings. The number of rotatable bonds is 11. The molecule has 0 aliphatic rings. The van der Waals surface area contributed by atoms with E-state index in [9.17, 15) is 10.3 Å². The van der Waals surface area contributed by atoms with Gasteiger partial charge in [-0.1, -0.05) is 47.1 Å². The van der Waals surface area contributed by atoms with Gasteiger partial charge in [0, 0.05) is 18.9 Å². The Balaban J connectivity index is 1.86. The molecule has 0 fully saturated rings. The van der Waals surface area contributed by atoms with Crippen LogP contribution in [-0.2, 0) is 4.74 Å². The lowest BCUT2D eigenvalue weighted by Crippen LogP contribution is -2.21. The molecule has 0 aliphatic carbocycles. The summed E-state index contributed by atoms with van der Waals surface area (Å²) in [6, 6.07) is 11.8. The van der Waals surface area contributed by atoms with Crippen LogP contribution in [0.5, 0.6) is 11.5 Å². The Bertz CT molecular complexity index is 1400. The summed E-state index contributed by atoms with van der Waals surface area (Å²) in [6.07, 6.45) is 2.38. The Kier molecular flexibility index (Phi) is 9.31. The van der Waals surface area contributed by atoms with Crippen molar-refractivity contribution >= 4 is 35.0 Å². The van der Waals surface area contributed by atoms with Gasteiger partial charge in [-0.15, -0.1) is 0 Å². The van der Waals surface area contributed by atoms with E-state index < -0.39 is 12.7 Å². The number of hydrogen-bond acceptors (Lipinski definition) is 10. The molecule has 2 heterocycles. The van der Waals surface area contributed by atoms with Crippen LogP contribution in [0.4, 0.5) is 0 Å². The maximum Gasteiger partial charge on any atom is 0.188 e. The van der Waals surface area contributed by atoms with Gasteiger partial charge in [0.15, 0.2) is 17.8 Å². The molecule has 0 aliphatic heterocycles. The molecule has 0 radical (unpaired) electrons. The zero-order valence-corrected chi connectivity index (χ0v) is 22.7. The fourth-order valence-corrected chi connectivity index (χ4v) is 4.52. The lowest BCUT2D eigenvalue weighted by Gasteiger charge is -2.13. The van der Waals surface area contributed by atoms with Crippen LogP contribution in [0.3, 0.4) is 0 Å². The Morgan fingerprint density at radius 1 is 1.05 bits per heavy atom. The van der Waals surface area contributed by atoms with E-state index in [4.69, 9.17) is 47.5 Å². The Hall–Kier alpha value is -3.06. The van der Waals surface area contributed by atoms with E-state index in [1.54, 1.807) is 30.5 Å². The van der Waals surface area contributed by atoms with Crippen LogP contribution in [0.2, 0.25) is 10.0 Å². The highest BCUT2D eigenvalue weighted by molar-refractivity contribution is 7.98. The van der Waals surface area contributed by atoms with Crippen molar-refractivity contribution in [1.82, 2.24) is 19.7 Å². The maximum absolute atomic E-state index is 11.4. The highest BCUT2D eigenvalue weighted by Crippen LogP contribution is 2.42. The molecular formula is C25H24Cl2N4O6S. The number of halogens is 2. The van der Waals surface area contributed by atoms with Crippen LogP contribution in [0.15, 0.2) is 53.8 Å². The average Bonchev–Trinajstić information content (AvgIpc) is 3.26. The third-order valence-electron chi connectivity index (χ3n) is 5.26. The van der Waals surface area contributed by atoms with Gasteiger partial charge < -0.3 is 29.6 Å². The van der Waals surface area contributed by atoms with Crippen molar-refractivity contribution in [2.45, 2.75) is 11.3 Å². The van der Waals surface area contributed by atoms with Gasteiger partial charge in [-0.3, -0.25) is 0 Å². The predicted octanol–water partition coefficient (Wildman–Crippen LogP) is 4.65. The fraction of sp³-hybridized carbons (Fsp3) is 0.240. The van der Waals surface area contributed by atoms with Crippen LogP contribution in [0.1, 0.15) is 0 Å². The van der Waals surface area contributed by atoms with Crippen molar-refractivity contribution in [1.29, 1.82) is 0 Å². The minimum absolute atomic E-state index is 0.0635. The van der Waals surface area contributed by atoms with Gasteiger partial charge >= 0.3 is 0 Å². The molecule has 0 unspecified atom stereocenters. The summed E-state index contributed by atoms with van der Waals surface area (Å²) in [5.74, 6) is 0.884. The number of aromatic nitrogens is 4. The second-order valence-corrected chi connectivity index (χ2v) is 9.45. The first-order chi connectivity index (χ1) is 18.4. The minimum Gasteiger partial charge on any atom is -0.491 e. The minimum atomic E-state index is -1.06. The van der Waals surface area contributed by atoms with Crippen LogP contribution in [0, 0.1) is 0 Å². The third-order valence-corrected chi connectivity index (χ3v) is 6.41. The van der Waals surface area contributed by atoms with E-state index in [0.717, 1.165) is 4.73 Å². The van der Waals surface area contributed by atoms with Crippen molar-refractivity contribution < 1.29 is 29.6 Å². The lowest BCUT2D eigenvalue weighted by molar-refractivity contribution is 0.0511. The molecule has 0 saturated heterocycles. The number of benzene rings is 2. The van der Waals surface area contributed by atoms with Crippen molar-refractivity contribution in [3.05, 3.63) is 58.7 Å². The number of hydrogen-bond donors (Lipinski definition) is 3. The zero-order valence-electron chi connectivity index (χ0n) is 20.3. The molecule has 0 bridgehead atoms. The fourth-order valence-electron chi connectivity index (χ4n) is 3.53. The van der Waals surface area contributed by atoms with Gasteiger partial charge in [-0.25, -0.2) is 15.0 Å². The van der Waals surface area contributed by atoms with E-state index in [-0.39, 0.29) is 40.6 Å². The van der Waals surface area contributed by atoms with E-state index in [0.29, 0.717) is 33.6 Å². The number of methoxy groups -OCH3 is 1. The molecule has 2 aromatic carbocycles. The Morgan fingerprint density at radius 2 is 1.82 bits per heavy atom. The van der Waals surface area contributed by atoms with Crippen molar-refractivity contribution in [2.75, 3.05) is 33.4 Å². The Morgan fingerprint density at radius 3 is 2.50 bits per heavy atom. The molecule has 0 saturated carbocycles. The summed E-state index contributed by atoms with van der Waals surface area (Å²) in [5, 5.41) is 30.8. The third kappa shape index (κ3) is 6.15. The summed E-state index contributed by atoms with van der Waals surface area (Å²) in [5.41, 5.74) is 2.00. The van der Waals surface area contributed by atoms with Gasteiger partial charge in [0.05, 0.1) is 27.9 Å². The van der Waals surface area contributed by atoms with Gasteiger partial charge in [-0.2, -0.15) is 4.73 Å². The quantitative estimate of drug-likeness (QED) is 0.0998. The molecule has 3 N–H and O–H groups in total. The summed E-state index contributed by atoms with van der Waals surface area (Å²) < 4.78 is 16.9. The smallest absolute Gasteiger partial charge is 0.188 e. The molecule has 1 atom stereocenters. The van der Waals surface area contributed by atoms with Gasteiger partial charge in [0.1, 0.15) is 35.6 Å². The number of thioether (sulfide) groups is 1. The summed E-state index contributed by atoms with van der Waals surface area (Å²) in [4.78, 5) is 13.5. The number of aliphatic hydroxyl groups is 2. The monoisotopic (exact) mass is 578 g/mol. The second-order valence-electron chi connectivity index (χ2n) is 7.86. The lowest BCUT2D eigenvalue weighted by atomic mass is 10.1.